The Balaban J connectivity index is 2.75. The average Bonchev–Trinajstić information content (AvgIpc) is 2.35. The first kappa shape index (κ1) is 12.5. The second-order valence-electron chi connectivity index (χ2n) is 4.51. The maximum absolute atomic E-state index is 5.98. The van der Waals surface area contributed by atoms with Crippen LogP contribution < -0.4 is 15.2 Å². The van der Waals surface area contributed by atoms with Gasteiger partial charge in [-0.2, -0.15) is 0 Å². The van der Waals surface area contributed by atoms with Crippen LogP contribution in [0.2, 0.25) is 0 Å². The molecule has 2 rings (SSSR count). The molecule has 96 valence electrons. The summed E-state index contributed by atoms with van der Waals surface area (Å²) in [5.74, 6) is 2.35. The molecule has 1 heterocycles. The predicted molar refractivity (Wildman–Crippen MR) is 73.3 cm³/mol. The molecule has 0 amide bonds. The van der Waals surface area contributed by atoms with Gasteiger partial charge in [0.1, 0.15) is 17.3 Å². The molecule has 4 nitrogen and oxygen atoms in total. The summed E-state index contributed by atoms with van der Waals surface area (Å²) < 4.78 is 10.6. The second kappa shape index (κ2) is 4.72. The number of fused-ring (bicyclic) bond motifs is 1. The number of benzene rings is 1. The summed E-state index contributed by atoms with van der Waals surface area (Å²) in [5, 5.41) is 0.955. The van der Waals surface area contributed by atoms with E-state index in [0.717, 1.165) is 22.2 Å². The number of nitrogens with zero attached hydrogens (tertiary/aromatic N) is 1. The molecule has 18 heavy (non-hydrogen) atoms. The molecule has 1 aromatic heterocycles. The zero-order chi connectivity index (χ0) is 13.3. The van der Waals surface area contributed by atoms with Crippen molar-refractivity contribution >= 4 is 16.7 Å². The predicted octanol–water partition coefficient (Wildman–Crippen LogP) is 2.96. The van der Waals surface area contributed by atoms with Crippen molar-refractivity contribution in [1.82, 2.24) is 4.98 Å². The van der Waals surface area contributed by atoms with E-state index < -0.39 is 0 Å². The first-order valence-electron chi connectivity index (χ1n) is 5.89. The van der Waals surface area contributed by atoms with Crippen LogP contribution in [0, 0.1) is 0 Å². The lowest BCUT2D eigenvalue weighted by atomic mass is 10.0. The molecular formula is C14H18N2O2. The summed E-state index contributed by atoms with van der Waals surface area (Å²) in [7, 11) is 3.26. The number of hydrogen-bond acceptors (Lipinski definition) is 4. The van der Waals surface area contributed by atoms with E-state index in [0.29, 0.717) is 17.5 Å². The number of ether oxygens (including phenoxy) is 2. The van der Waals surface area contributed by atoms with Crippen molar-refractivity contribution in [1.29, 1.82) is 0 Å². The Morgan fingerprint density at radius 2 is 1.83 bits per heavy atom. The fourth-order valence-electron chi connectivity index (χ4n) is 2.00. The van der Waals surface area contributed by atoms with Crippen LogP contribution in [-0.2, 0) is 0 Å². The van der Waals surface area contributed by atoms with Gasteiger partial charge in [-0.1, -0.05) is 13.8 Å². The maximum Gasteiger partial charge on any atom is 0.131 e. The molecule has 2 aromatic rings. The van der Waals surface area contributed by atoms with Gasteiger partial charge in [-0.05, 0) is 17.5 Å². The Morgan fingerprint density at radius 1 is 1.11 bits per heavy atom. The highest BCUT2D eigenvalue weighted by molar-refractivity contribution is 5.89. The van der Waals surface area contributed by atoms with Gasteiger partial charge >= 0.3 is 0 Å². The third kappa shape index (κ3) is 2.06. The lowest BCUT2D eigenvalue weighted by molar-refractivity contribution is 0.398. The molecule has 0 aliphatic heterocycles. The smallest absolute Gasteiger partial charge is 0.131 e. The fourth-order valence-corrected chi connectivity index (χ4v) is 2.00. The number of pyridine rings is 1. The summed E-state index contributed by atoms with van der Waals surface area (Å²) in [6.07, 6.45) is 0. The third-order valence-corrected chi connectivity index (χ3v) is 3.01. The van der Waals surface area contributed by atoms with Crippen molar-refractivity contribution in [2.75, 3.05) is 20.0 Å². The molecule has 0 saturated heterocycles. The average molecular weight is 246 g/mol. The van der Waals surface area contributed by atoms with Gasteiger partial charge in [0, 0.05) is 17.5 Å². The number of nitrogen functional groups attached to an aromatic ring is 1. The molecule has 4 heteroatoms. The number of aromatic nitrogens is 1. The number of hydrogen-bond donors (Lipinski definition) is 1. The van der Waals surface area contributed by atoms with E-state index in [1.165, 1.54) is 0 Å². The molecule has 0 fully saturated rings. The number of methoxy groups -OCH3 is 2. The standard InChI is InChI=1S/C14H18N2O2/c1-8(2)10-7-11-12(16-14(10)15)5-9(17-3)6-13(11)18-4/h5-8H,1-4H3,(H2,15,16). The van der Waals surface area contributed by atoms with Crippen LogP contribution in [0.15, 0.2) is 18.2 Å². The van der Waals surface area contributed by atoms with Gasteiger partial charge in [-0.15, -0.1) is 0 Å². The lowest BCUT2D eigenvalue weighted by Crippen LogP contribution is -2.01. The Bertz CT molecular complexity index is 580. The molecule has 0 aliphatic rings. The first-order chi connectivity index (χ1) is 8.56. The van der Waals surface area contributed by atoms with Crippen LogP contribution in [0.5, 0.6) is 11.5 Å². The van der Waals surface area contributed by atoms with Gasteiger partial charge in [0.2, 0.25) is 0 Å². The van der Waals surface area contributed by atoms with E-state index in [-0.39, 0.29) is 0 Å². The van der Waals surface area contributed by atoms with Crippen molar-refractivity contribution < 1.29 is 9.47 Å². The topological polar surface area (TPSA) is 57.4 Å². The van der Waals surface area contributed by atoms with E-state index >= 15 is 0 Å². The minimum Gasteiger partial charge on any atom is -0.497 e. The zero-order valence-electron chi connectivity index (χ0n) is 11.2. The normalized spacial score (nSPS) is 10.9. The van der Waals surface area contributed by atoms with Gasteiger partial charge in [-0.25, -0.2) is 4.98 Å². The minimum absolute atomic E-state index is 0.328. The Kier molecular flexibility index (Phi) is 3.28. The van der Waals surface area contributed by atoms with Crippen LogP contribution in [-0.4, -0.2) is 19.2 Å². The summed E-state index contributed by atoms with van der Waals surface area (Å²) >= 11 is 0. The minimum atomic E-state index is 0.328. The molecule has 0 unspecified atom stereocenters. The Labute approximate surface area is 107 Å². The largest absolute Gasteiger partial charge is 0.497 e. The van der Waals surface area contributed by atoms with Crippen LogP contribution in [0.3, 0.4) is 0 Å². The van der Waals surface area contributed by atoms with E-state index in [1.807, 2.05) is 18.2 Å². The highest BCUT2D eigenvalue weighted by atomic mass is 16.5. The van der Waals surface area contributed by atoms with Crippen molar-refractivity contribution in [3.05, 3.63) is 23.8 Å². The van der Waals surface area contributed by atoms with Gasteiger partial charge < -0.3 is 15.2 Å². The Morgan fingerprint density at radius 3 is 2.39 bits per heavy atom. The van der Waals surface area contributed by atoms with Gasteiger partial charge in [0.15, 0.2) is 0 Å². The number of anilines is 1. The third-order valence-electron chi connectivity index (χ3n) is 3.01. The van der Waals surface area contributed by atoms with Crippen molar-refractivity contribution in [3.63, 3.8) is 0 Å². The van der Waals surface area contributed by atoms with E-state index in [9.17, 15) is 0 Å². The summed E-state index contributed by atoms with van der Waals surface area (Å²) in [6.45, 7) is 4.18. The van der Waals surface area contributed by atoms with E-state index in [4.69, 9.17) is 15.2 Å². The SMILES string of the molecule is COc1cc(OC)c2cc(C(C)C)c(N)nc2c1. The maximum atomic E-state index is 5.98. The molecule has 0 spiro atoms. The van der Waals surface area contributed by atoms with Crippen LogP contribution in [0.1, 0.15) is 25.3 Å². The van der Waals surface area contributed by atoms with Gasteiger partial charge in [0.25, 0.3) is 0 Å². The van der Waals surface area contributed by atoms with Crippen molar-refractivity contribution in [2.45, 2.75) is 19.8 Å². The van der Waals surface area contributed by atoms with Gasteiger partial charge in [-0.3, -0.25) is 0 Å². The molecule has 0 bridgehead atoms. The van der Waals surface area contributed by atoms with Crippen molar-refractivity contribution in [2.24, 2.45) is 0 Å². The molecule has 0 saturated carbocycles. The van der Waals surface area contributed by atoms with E-state index in [1.54, 1.807) is 14.2 Å². The number of nitrogens with two attached hydrogens (primary N) is 1. The highest BCUT2D eigenvalue weighted by Crippen LogP contribution is 2.33. The molecule has 0 atom stereocenters. The number of rotatable bonds is 3. The highest BCUT2D eigenvalue weighted by Gasteiger charge is 2.12. The molecular weight excluding hydrogens is 228 g/mol. The molecule has 0 radical (unpaired) electrons. The molecule has 2 N–H and O–H groups in total. The van der Waals surface area contributed by atoms with Crippen LogP contribution in [0.4, 0.5) is 5.82 Å². The first-order valence-corrected chi connectivity index (χ1v) is 5.89. The van der Waals surface area contributed by atoms with E-state index in [2.05, 4.69) is 18.8 Å². The monoisotopic (exact) mass is 246 g/mol. The Hall–Kier alpha value is -1.97. The zero-order valence-corrected chi connectivity index (χ0v) is 11.2. The quantitative estimate of drug-likeness (QED) is 0.904. The van der Waals surface area contributed by atoms with Crippen LogP contribution >= 0.6 is 0 Å². The summed E-state index contributed by atoms with van der Waals surface area (Å²) in [5.41, 5.74) is 7.80. The van der Waals surface area contributed by atoms with Gasteiger partial charge in [0.05, 0.1) is 19.7 Å². The molecule has 0 aliphatic carbocycles. The lowest BCUT2D eigenvalue weighted by Gasteiger charge is -2.13. The molecule has 1 aromatic carbocycles. The summed E-state index contributed by atoms with van der Waals surface area (Å²) in [4.78, 5) is 4.43. The fraction of sp³-hybridized carbons (Fsp3) is 0.357. The second-order valence-corrected chi connectivity index (χ2v) is 4.51. The summed E-state index contributed by atoms with van der Waals surface area (Å²) in [6, 6.07) is 5.75. The van der Waals surface area contributed by atoms with Crippen molar-refractivity contribution in [3.8, 4) is 11.5 Å². The van der Waals surface area contributed by atoms with Crippen LogP contribution in [0.25, 0.3) is 10.9 Å².